The maximum atomic E-state index is 5.67. The number of aromatic nitrogens is 1. The first-order valence-electron chi connectivity index (χ1n) is 6.62. The van der Waals surface area contributed by atoms with Crippen LogP contribution in [0, 0.1) is 6.20 Å². The van der Waals surface area contributed by atoms with Gasteiger partial charge in [0.1, 0.15) is 35.9 Å². The van der Waals surface area contributed by atoms with Crippen molar-refractivity contribution in [2.45, 2.75) is 13.2 Å². The first-order valence-corrected chi connectivity index (χ1v) is 7.44. The predicted octanol–water partition coefficient (Wildman–Crippen LogP) is 4.10. The van der Waals surface area contributed by atoms with Crippen LogP contribution in [0.25, 0.3) is 0 Å². The van der Waals surface area contributed by atoms with Gasteiger partial charge in [0.15, 0.2) is 0 Å². The summed E-state index contributed by atoms with van der Waals surface area (Å²) in [5.41, 5.74) is 0. The quantitative estimate of drug-likeness (QED) is 0.686. The summed E-state index contributed by atoms with van der Waals surface area (Å²) in [5.74, 6) is 1.69. The number of ether oxygens (including phenoxy) is 2. The number of benzene rings is 2. The Morgan fingerprint density at radius 3 is 2.00 bits per heavy atom. The van der Waals surface area contributed by atoms with Gasteiger partial charge in [-0.1, -0.05) is 36.4 Å². The largest absolute Gasteiger partial charge is 0.488 e. The Balaban J connectivity index is 1.52. The van der Waals surface area contributed by atoms with E-state index in [0.717, 1.165) is 21.4 Å². The van der Waals surface area contributed by atoms with Crippen LogP contribution in [0.5, 0.6) is 11.5 Å². The van der Waals surface area contributed by atoms with Gasteiger partial charge < -0.3 is 9.47 Å². The fraction of sp³-hybridized carbons (Fsp3) is 0.118. The molecule has 0 unspecified atom stereocenters. The molecule has 0 fully saturated rings. The van der Waals surface area contributed by atoms with Crippen LogP contribution >= 0.6 is 11.3 Å². The highest BCUT2D eigenvalue weighted by atomic mass is 32.1. The highest BCUT2D eigenvalue weighted by Gasteiger charge is 2.04. The van der Waals surface area contributed by atoms with E-state index in [9.17, 15) is 0 Å². The molecule has 0 aliphatic heterocycles. The molecule has 2 aromatic carbocycles. The summed E-state index contributed by atoms with van der Waals surface area (Å²) in [7, 11) is 0. The lowest BCUT2D eigenvalue weighted by Crippen LogP contribution is -1.93. The summed E-state index contributed by atoms with van der Waals surface area (Å²) in [5, 5.41) is 0.894. The minimum atomic E-state index is 0.455. The molecule has 3 rings (SSSR count). The van der Waals surface area contributed by atoms with E-state index in [0.29, 0.717) is 13.2 Å². The molecule has 0 saturated heterocycles. The van der Waals surface area contributed by atoms with Crippen molar-refractivity contribution in [2.75, 3.05) is 0 Å². The second-order valence-electron chi connectivity index (χ2n) is 4.35. The van der Waals surface area contributed by atoms with E-state index in [1.54, 1.807) is 11.3 Å². The summed E-state index contributed by atoms with van der Waals surface area (Å²) in [6.07, 6.45) is 2.98. The average Bonchev–Trinajstić information content (AvgIpc) is 3.01. The lowest BCUT2D eigenvalue weighted by atomic mass is 10.3. The average molecular weight is 296 g/mol. The molecule has 1 heterocycles. The number of hydrogen-bond donors (Lipinski definition) is 0. The van der Waals surface area contributed by atoms with E-state index >= 15 is 0 Å². The highest BCUT2D eigenvalue weighted by Crippen LogP contribution is 2.18. The van der Waals surface area contributed by atoms with Gasteiger partial charge in [0.2, 0.25) is 0 Å². The molecule has 0 aliphatic carbocycles. The van der Waals surface area contributed by atoms with Gasteiger partial charge in [-0.15, -0.1) is 11.3 Å². The smallest absolute Gasteiger partial charge is 0.140 e. The van der Waals surface area contributed by atoms with E-state index in [2.05, 4.69) is 11.2 Å². The van der Waals surface area contributed by atoms with E-state index < -0.39 is 0 Å². The Bertz CT molecular complexity index is 610. The molecule has 3 aromatic rings. The van der Waals surface area contributed by atoms with Gasteiger partial charge in [-0.3, -0.25) is 0 Å². The lowest BCUT2D eigenvalue weighted by molar-refractivity contribution is 0.305. The maximum absolute atomic E-state index is 5.67. The van der Waals surface area contributed by atoms with Crippen molar-refractivity contribution >= 4 is 11.3 Å². The zero-order valence-electron chi connectivity index (χ0n) is 11.4. The van der Waals surface area contributed by atoms with Crippen LogP contribution in [-0.4, -0.2) is 4.98 Å². The number of nitrogens with zero attached hydrogens (tertiary/aromatic N) is 1. The Morgan fingerprint density at radius 1 is 0.810 bits per heavy atom. The second-order valence-corrected chi connectivity index (χ2v) is 5.51. The van der Waals surface area contributed by atoms with Crippen LogP contribution in [0.15, 0.2) is 60.7 Å². The van der Waals surface area contributed by atoms with Crippen molar-refractivity contribution in [3.63, 3.8) is 0 Å². The monoisotopic (exact) mass is 296 g/mol. The molecule has 0 bridgehead atoms. The Labute approximate surface area is 127 Å². The molecule has 3 nitrogen and oxygen atoms in total. The standard InChI is InChI=1S/C17H14NO2S/c1-3-7-14(8-4-1)19-12-16-11-18-17(21-16)13-20-15-9-5-2-6-10-15/h1-10H,12-13H2. The van der Waals surface area contributed by atoms with Crippen LogP contribution < -0.4 is 9.47 Å². The number of hydrogen-bond acceptors (Lipinski definition) is 4. The summed E-state index contributed by atoms with van der Waals surface area (Å²) in [6, 6.07) is 19.4. The molecule has 4 heteroatoms. The molecule has 0 N–H and O–H groups in total. The van der Waals surface area contributed by atoms with E-state index in [1.807, 2.05) is 60.7 Å². The molecule has 0 saturated carbocycles. The summed E-state index contributed by atoms with van der Waals surface area (Å²) >= 11 is 1.55. The topological polar surface area (TPSA) is 31.4 Å². The number of thiazole rings is 1. The van der Waals surface area contributed by atoms with Gasteiger partial charge in [-0.05, 0) is 24.3 Å². The Hall–Kier alpha value is -2.33. The summed E-state index contributed by atoms with van der Waals surface area (Å²) in [6.45, 7) is 0.934. The van der Waals surface area contributed by atoms with Crippen molar-refractivity contribution in [3.8, 4) is 11.5 Å². The van der Waals surface area contributed by atoms with E-state index in [-0.39, 0.29) is 0 Å². The van der Waals surface area contributed by atoms with Crippen molar-refractivity contribution in [1.82, 2.24) is 4.98 Å². The van der Waals surface area contributed by atoms with Gasteiger partial charge in [-0.2, -0.15) is 0 Å². The minimum absolute atomic E-state index is 0.455. The van der Waals surface area contributed by atoms with Gasteiger partial charge >= 0.3 is 0 Å². The third-order valence-electron chi connectivity index (χ3n) is 2.76. The number of para-hydroxylation sites is 2. The third kappa shape index (κ3) is 4.07. The Morgan fingerprint density at radius 2 is 1.38 bits per heavy atom. The van der Waals surface area contributed by atoms with Crippen molar-refractivity contribution in [1.29, 1.82) is 0 Å². The molecule has 105 valence electrons. The van der Waals surface area contributed by atoms with E-state index in [1.165, 1.54) is 0 Å². The van der Waals surface area contributed by atoms with Crippen molar-refractivity contribution in [3.05, 3.63) is 76.7 Å². The molecule has 0 amide bonds. The van der Waals surface area contributed by atoms with Crippen LogP contribution in [0.1, 0.15) is 9.88 Å². The third-order valence-corrected chi connectivity index (χ3v) is 3.67. The summed E-state index contributed by atoms with van der Waals surface area (Å²) < 4.78 is 11.3. The molecule has 0 spiro atoms. The number of rotatable bonds is 6. The SMILES string of the molecule is [c]1nc(COc2ccccc2)sc1COc1ccccc1. The molecular formula is C17H14NO2S. The second kappa shape index (κ2) is 6.90. The van der Waals surface area contributed by atoms with Crippen LogP contribution in [-0.2, 0) is 13.2 Å². The van der Waals surface area contributed by atoms with Gasteiger partial charge in [0, 0.05) is 0 Å². The van der Waals surface area contributed by atoms with Crippen molar-refractivity contribution in [2.24, 2.45) is 0 Å². The first-order chi connectivity index (χ1) is 10.4. The molecular weight excluding hydrogens is 282 g/mol. The van der Waals surface area contributed by atoms with Crippen LogP contribution in [0.2, 0.25) is 0 Å². The van der Waals surface area contributed by atoms with E-state index in [4.69, 9.17) is 9.47 Å². The van der Waals surface area contributed by atoms with Gasteiger partial charge in [-0.25, -0.2) is 4.98 Å². The normalized spacial score (nSPS) is 10.3. The lowest BCUT2D eigenvalue weighted by Gasteiger charge is -2.03. The maximum Gasteiger partial charge on any atom is 0.140 e. The molecule has 1 aromatic heterocycles. The zero-order valence-corrected chi connectivity index (χ0v) is 12.2. The first kappa shape index (κ1) is 13.6. The molecule has 1 radical (unpaired) electrons. The molecule has 0 atom stereocenters. The molecule has 0 aliphatic rings. The molecule has 21 heavy (non-hydrogen) atoms. The predicted molar refractivity (Wildman–Crippen MR) is 82.5 cm³/mol. The minimum Gasteiger partial charge on any atom is -0.488 e. The van der Waals surface area contributed by atoms with Crippen LogP contribution in [0.3, 0.4) is 0 Å². The van der Waals surface area contributed by atoms with Gasteiger partial charge in [0.05, 0.1) is 4.88 Å². The zero-order chi connectivity index (χ0) is 14.3. The van der Waals surface area contributed by atoms with Crippen LogP contribution in [0.4, 0.5) is 0 Å². The fourth-order valence-corrected chi connectivity index (χ4v) is 2.47. The van der Waals surface area contributed by atoms with Crippen molar-refractivity contribution < 1.29 is 9.47 Å². The fourth-order valence-electron chi connectivity index (χ4n) is 1.76. The van der Waals surface area contributed by atoms with Gasteiger partial charge in [0.25, 0.3) is 0 Å². The Kier molecular flexibility index (Phi) is 4.49. The summed E-state index contributed by atoms with van der Waals surface area (Å²) in [4.78, 5) is 5.20. The highest BCUT2D eigenvalue weighted by molar-refractivity contribution is 7.11.